The zero-order valence-corrected chi connectivity index (χ0v) is 10.3. The Kier molecular flexibility index (Phi) is 3.48. The molecule has 1 N–H and O–H groups in total. The SMILES string of the molecule is O=C(O)Cn1nnc(Cc2ccc(Br)cc2)n1. The summed E-state index contributed by atoms with van der Waals surface area (Å²) in [7, 11) is 0. The molecule has 17 heavy (non-hydrogen) atoms. The van der Waals surface area contributed by atoms with Gasteiger partial charge in [-0.3, -0.25) is 4.79 Å². The number of aromatic nitrogens is 4. The molecule has 0 saturated heterocycles. The van der Waals surface area contributed by atoms with Crippen LogP contribution in [0.2, 0.25) is 0 Å². The molecule has 7 heteroatoms. The van der Waals surface area contributed by atoms with E-state index in [9.17, 15) is 4.79 Å². The highest BCUT2D eigenvalue weighted by Gasteiger charge is 2.06. The lowest BCUT2D eigenvalue weighted by Gasteiger charge is -1.96. The summed E-state index contributed by atoms with van der Waals surface area (Å²) in [6, 6.07) is 7.75. The maximum absolute atomic E-state index is 10.4. The Hall–Kier alpha value is -1.76. The summed E-state index contributed by atoms with van der Waals surface area (Å²) in [5.41, 5.74) is 1.04. The highest BCUT2D eigenvalue weighted by atomic mass is 79.9. The van der Waals surface area contributed by atoms with Gasteiger partial charge in [0.2, 0.25) is 0 Å². The third-order valence-corrected chi connectivity index (χ3v) is 2.58. The predicted octanol–water partition coefficient (Wildman–Crippen LogP) is 1.11. The van der Waals surface area contributed by atoms with Crippen molar-refractivity contribution in [3.05, 3.63) is 40.1 Å². The summed E-state index contributed by atoms with van der Waals surface area (Å²) >= 11 is 3.35. The molecule has 6 nitrogen and oxygen atoms in total. The van der Waals surface area contributed by atoms with Gasteiger partial charge in [-0.1, -0.05) is 28.1 Å². The summed E-state index contributed by atoms with van der Waals surface area (Å²) in [5.74, 6) is -0.480. The topological polar surface area (TPSA) is 80.9 Å². The van der Waals surface area contributed by atoms with Crippen molar-refractivity contribution in [3.63, 3.8) is 0 Å². The van der Waals surface area contributed by atoms with Crippen LogP contribution in [-0.4, -0.2) is 31.3 Å². The van der Waals surface area contributed by atoms with Crippen LogP contribution in [0.25, 0.3) is 0 Å². The van der Waals surface area contributed by atoms with Crippen LogP contribution >= 0.6 is 15.9 Å². The number of nitrogens with zero attached hydrogens (tertiary/aromatic N) is 4. The minimum atomic E-state index is -0.988. The van der Waals surface area contributed by atoms with Crippen molar-refractivity contribution in [3.8, 4) is 0 Å². The molecule has 0 saturated carbocycles. The number of aliphatic carboxylic acids is 1. The third kappa shape index (κ3) is 3.35. The lowest BCUT2D eigenvalue weighted by atomic mass is 10.1. The first-order valence-corrected chi connectivity index (χ1v) is 5.66. The molecule has 0 unspecified atom stereocenters. The van der Waals surface area contributed by atoms with Gasteiger partial charge in [-0.25, -0.2) is 0 Å². The minimum Gasteiger partial charge on any atom is -0.480 e. The van der Waals surface area contributed by atoms with Gasteiger partial charge >= 0.3 is 5.97 Å². The number of benzene rings is 1. The van der Waals surface area contributed by atoms with Gasteiger partial charge in [0.15, 0.2) is 12.4 Å². The van der Waals surface area contributed by atoms with Gasteiger partial charge < -0.3 is 5.11 Å². The largest absolute Gasteiger partial charge is 0.480 e. The third-order valence-electron chi connectivity index (χ3n) is 2.05. The van der Waals surface area contributed by atoms with Crippen LogP contribution < -0.4 is 0 Å². The molecule has 1 aromatic heterocycles. The van der Waals surface area contributed by atoms with E-state index in [1.807, 2.05) is 24.3 Å². The number of carbonyl (C=O) groups is 1. The average Bonchev–Trinajstić information content (AvgIpc) is 2.68. The van der Waals surface area contributed by atoms with Crippen LogP contribution in [0.4, 0.5) is 0 Å². The predicted molar refractivity (Wildman–Crippen MR) is 62.4 cm³/mol. The molecule has 2 aromatic rings. The molecule has 0 aliphatic heterocycles. The standard InChI is InChI=1S/C10H9BrN4O2/c11-8-3-1-7(2-4-8)5-9-12-14-15(13-9)6-10(16)17/h1-4H,5-6H2,(H,16,17). The molecule has 0 radical (unpaired) electrons. The number of tetrazole rings is 1. The van der Waals surface area contributed by atoms with Crippen LogP contribution in [0.5, 0.6) is 0 Å². The fourth-order valence-electron chi connectivity index (χ4n) is 1.32. The monoisotopic (exact) mass is 296 g/mol. The lowest BCUT2D eigenvalue weighted by Crippen LogP contribution is -2.11. The molecule has 0 bridgehead atoms. The Morgan fingerprint density at radius 3 is 2.71 bits per heavy atom. The molecule has 0 amide bonds. The highest BCUT2D eigenvalue weighted by Crippen LogP contribution is 2.12. The van der Waals surface area contributed by atoms with Crippen LogP contribution in [0.3, 0.4) is 0 Å². The molecule has 0 aliphatic rings. The fourth-order valence-corrected chi connectivity index (χ4v) is 1.58. The van der Waals surface area contributed by atoms with Crippen molar-refractivity contribution in [1.82, 2.24) is 20.2 Å². The molecule has 88 valence electrons. The minimum absolute atomic E-state index is 0.270. The molecule has 0 fully saturated rings. The molecule has 1 heterocycles. The van der Waals surface area contributed by atoms with E-state index in [1.54, 1.807) is 0 Å². The van der Waals surface area contributed by atoms with Crippen LogP contribution in [0.15, 0.2) is 28.7 Å². The van der Waals surface area contributed by atoms with Crippen LogP contribution in [0.1, 0.15) is 11.4 Å². The van der Waals surface area contributed by atoms with Gasteiger partial charge in [-0.15, -0.1) is 10.2 Å². The zero-order chi connectivity index (χ0) is 12.3. The van der Waals surface area contributed by atoms with Crippen LogP contribution in [0, 0.1) is 0 Å². The Morgan fingerprint density at radius 1 is 1.35 bits per heavy atom. The van der Waals surface area contributed by atoms with E-state index in [-0.39, 0.29) is 6.54 Å². The normalized spacial score (nSPS) is 10.4. The zero-order valence-electron chi connectivity index (χ0n) is 8.75. The van der Waals surface area contributed by atoms with Crippen molar-refractivity contribution in [2.24, 2.45) is 0 Å². The Morgan fingerprint density at radius 2 is 2.06 bits per heavy atom. The van der Waals surface area contributed by atoms with E-state index >= 15 is 0 Å². The first kappa shape index (κ1) is 11.7. The number of hydrogen-bond donors (Lipinski definition) is 1. The summed E-state index contributed by atoms with van der Waals surface area (Å²) in [4.78, 5) is 11.5. The van der Waals surface area contributed by atoms with Gasteiger partial charge in [0.05, 0.1) is 0 Å². The van der Waals surface area contributed by atoms with E-state index in [0.29, 0.717) is 12.2 Å². The highest BCUT2D eigenvalue weighted by molar-refractivity contribution is 9.10. The number of carboxylic acid groups (broad SMARTS) is 1. The maximum atomic E-state index is 10.4. The number of carboxylic acids is 1. The van der Waals surface area contributed by atoms with E-state index in [2.05, 4.69) is 31.3 Å². The molecule has 0 aliphatic carbocycles. The van der Waals surface area contributed by atoms with E-state index < -0.39 is 5.97 Å². The second-order valence-electron chi connectivity index (χ2n) is 3.43. The summed E-state index contributed by atoms with van der Waals surface area (Å²) < 4.78 is 1.00. The Balaban J connectivity index is 2.06. The van der Waals surface area contributed by atoms with Gasteiger partial charge in [0.25, 0.3) is 0 Å². The summed E-state index contributed by atoms with van der Waals surface area (Å²) in [6.45, 7) is -0.270. The van der Waals surface area contributed by atoms with E-state index in [1.165, 1.54) is 0 Å². The van der Waals surface area contributed by atoms with E-state index in [4.69, 9.17) is 5.11 Å². The lowest BCUT2D eigenvalue weighted by molar-refractivity contribution is -0.138. The molecule has 1 aromatic carbocycles. The van der Waals surface area contributed by atoms with Gasteiger partial charge in [0.1, 0.15) is 0 Å². The second kappa shape index (κ2) is 5.05. The van der Waals surface area contributed by atoms with Crippen molar-refractivity contribution in [1.29, 1.82) is 0 Å². The fraction of sp³-hybridized carbons (Fsp3) is 0.200. The van der Waals surface area contributed by atoms with Crippen molar-refractivity contribution in [2.45, 2.75) is 13.0 Å². The average molecular weight is 297 g/mol. The molecular weight excluding hydrogens is 288 g/mol. The number of halogens is 1. The van der Waals surface area contributed by atoms with Crippen molar-refractivity contribution < 1.29 is 9.90 Å². The molecule has 0 atom stereocenters. The van der Waals surface area contributed by atoms with Gasteiger partial charge in [-0.2, -0.15) is 4.80 Å². The maximum Gasteiger partial charge on any atom is 0.327 e. The summed E-state index contributed by atoms with van der Waals surface area (Å²) in [5, 5.41) is 20.0. The Bertz CT molecular complexity index is 523. The first-order valence-electron chi connectivity index (χ1n) is 4.86. The first-order chi connectivity index (χ1) is 8.13. The second-order valence-corrected chi connectivity index (χ2v) is 4.35. The molecule has 0 spiro atoms. The smallest absolute Gasteiger partial charge is 0.327 e. The molecule has 2 rings (SSSR count). The van der Waals surface area contributed by atoms with Crippen LogP contribution in [-0.2, 0) is 17.8 Å². The quantitative estimate of drug-likeness (QED) is 0.914. The van der Waals surface area contributed by atoms with E-state index in [0.717, 1.165) is 14.8 Å². The van der Waals surface area contributed by atoms with Gasteiger partial charge in [-0.05, 0) is 22.9 Å². The molecular formula is C10H9BrN4O2. The van der Waals surface area contributed by atoms with Gasteiger partial charge in [0, 0.05) is 10.9 Å². The van der Waals surface area contributed by atoms with Crippen molar-refractivity contribution in [2.75, 3.05) is 0 Å². The Labute approximate surface area is 105 Å². The number of rotatable bonds is 4. The van der Waals surface area contributed by atoms with Crippen molar-refractivity contribution >= 4 is 21.9 Å². The summed E-state index contributed by atoms with van der Waals surface area (Å²) in [6.07, 6.45) is 0.535. The number of hydrogen-bond acceptors (Lipinski definition) is 4.